The van der Waals surface area contributed by atoms with Crippen LogP contribution in [-0.2, 0) is 11.3 Å². The number of hydrogen-bond acceptors (Lipinski definition) is 1. The first-order valence-electron chi connectivity index (χ1n) is 3.53. The second-order valence-electron chi connectivity index (χ2n) is 2.17. The zero-order chi connectivity index (χ0) is 7.94. The predicted molar refractivity (Wildman–Crippen MR) is 47.2 cm³/mol. The van der Waals surface area contributed by atoms with Crippen LogP contribution in [0, 0.1) is 0 Å². The van der Waals surface area contributed by atoms with Gasteiger partial charge in [-0.15, -0.1) is 6.58 Å². The van der Waals surface area contributed by atoms with E-state index < -0.39 is 0 Å². The summed E-state index contributed by atoms with van der Waals surface area (Å²) in [5, 5.41) is 0. The molecule has 0 bridgehead atoms. The van der Waals surface area contributed by atoms with E-state index in [9.17, 15) is 0 Å². The second-order valence-corrected chi connectivity index (χ2v) is 2.17. The van der Waals surface area contributed by atoms with Gasteiger partial charge in [0.2, 0.25) is 0 Å². The van der Waals surface area contributed by atoms with Crippen LogP contribution in [0.1, 0.15) is 5.56 Å². The molecule has 1 rings (SSSR count). The molecular weight excluding hydrogens is 135 g/mol. The van der Waals surface area contributed by atoms with Gasteiger partial charge >= 0.3 is 7.48 Å². The molecule has 0 aliphatic carbocycles. The van der Waals surface area contributed by atoms with Gasteiger partial charge in [0.05, 0.1) is 6.61 Å². The molecule has 0 aromatic heterocycles. The molecule has 0 aliphatic rings. The van der Waals surface area contributed by atoms with Gasteiger partial charge in [-0.05, 0) is 5.56 Å². The summed E-state index contributed by atoms with van der Waals surface area (Å²) in [4.78, 5) is 0. The van der Waals surface area contributed by atoms with Crippen LogP contribution in [0.4, 0.5) is 0 Å². The first kappa shape index (κ1) is 8.09. The van der Waals surface area contributed by atoms with Crippen molar-refractivity contribution in [1.82, 2.24) is 0 Å². The quantitative estimate of drug-likeness (QED) is 0.464. The molecule has 0 atom stereocenters. The minimum Gasteiger partial charge on any atom is -0.431 e. The molecule has 0 spiro atoms. The Hall–Kier alpha value is -1.02. The van der Waals surface area contributed by atoms with Crippen molar-refractivity contribution in [2.75, 3.05) is 0 Å². The smallest absolute Gasteiger partial charge is 0.322 e. The highest BCUT2D eigenvalue weighted by Gasteiger charge is 1.89. The third kappa shape index (κ3) is 3.05. The maximum Gasteiger partial charge on any atom is 0.322 e. The van der Waals surface area contributed by atoms with Crippen molar-refractivity contribution < 1.29 is 4.65 Å². The molecule has 0 saturated heterocycles. The Morgan fingerprint density at radius 3 is 2.73 bits per heavy atom. The highest BCUT2D eigenvalue weighted by Crippen LogP contribution is 1.99. The number of rotatable bonds is 4. The second kappa shape index (κ2) is 4.75. The van der Waals surface area contributed by atoms with Gasteiger partial charge in [-0.3, -0.25) is 0 Å². The van der Waals surface area contributed by atoms with Crippen LogP contribution in [-0.4, -0.2) is 7.48 Å². The van der Waals surface area contributed by atoms with E-state index in [0.717, 1.165) is 0 Å². The Morgan fingerprint density at radius 2 is 2.09 bits per heavy atom. The molecule has 1 aromatic rings. The lowest BCUT2D eigenvalue weighted by atomic mass is 10.0. The van der Waals surface area contributed by atoms with Crippen molar-refractivity contribution in [3.63, 3.8) is 0 Å². The van der Waals surface area contributed by atoms with Gasteiger partial charge in [0.15, 0.2) is 0 Å². The monoisotopic (exact) mass is 145 g/mol. The standard InChI is InChI=1S/C9H10BO/c1-2-10-11-8-9-6-4-3-5-7-9/h2-7H,1,8H2. The molecule has 0 heterocycles. The first-order valence-corrected chi connectivity index (χ1v) is 3.53. The molecule has 0 saturated carbocycles. The molecule has 0 amide bonds. The van der Waals surface area contributed by atoms with E-state index >= 15 is 0 Å². The van der Waals surface area contributed by atoms with Gasteiger partial charge < -0.3 is 4.65 Å². The minimum absolute atomic E-state index is 0.618. The molecule has 2 heteroatoms. The van der Waals surface area contributed by atoms with Crippen molar-refractivity contribution in [2.45, 2.75) is 6.61 Å². The first-order chi connectivity index (χ1) is 5.43. The summed E-state index contributed by atoms with van der Waals surface area (Å²) in [5.74, 6) is 1.63. The molecule has 1 radical (unpaired) electrons. The van der Waals surface area contributed by atoms with Gasteiger partial charge in [-0.2, -0.15) is 0 Å². The lowest BCUT2D eigenvalue weighted by molar-refractivity contribution is 0.330. The van der Waals surface area contributed by atoms with Crippen molar-refractivity contribution in [3.05, 3.63) is 48.4 Å². The van der Waals surface area contributed by atoms with Crippen LogP contribution in [0.15, 0.2) is 42.9 Å². The van der Waals surface area contributed by atoms with Crippen molar-refractivity contribution in [3.8, 4) is 0 Å². The third-order valence-corrected chi connectivity index (χ3v) is 1.29. The fourth-order valence-electron chi connectivity index (χ4n) is 0.787. The highest BCUT2D eigenvalue weighted by molar-refractivity contribution is 6.33. The van der Waals surface area contributed by atoms with Crippen LogP contribution in [0.3, 0.4) is 0 Å². The molecule has 0 N–H and O–H groups in total. The summed E-state index contributed by atoms with van der Waals surface area (Å²) in [7, 11) is 1.59. The molecular formula is C9H10BO. The van der Waals surface area contributed by atoms with Crippen LogP contribution < -0.4 is 0 Å². The average molecular weight is 145 g/mol. The lowest BCUT2D eigenvalue weighted by Gasteiger charge is -1.98. The fourth-order valence-corrected chi connectivity index (χ4v) is 0.787. The summed E-state index contributed by atoms with van der Waals surface area (Å²) in [5.41, 5.74) is 1.17. The van der Waals surface area contributed by atoms with E-state index in [1.54, 1.807) is 13.5 Å². The Kier molecular flexibility index (Phi) is 3.49. The van der Waals surface area contributed by atoms with Gasteiger partial charge in [0.1, 0.15) is 0 Å². The average Bonchev–Trinajstić information content (AvgIpc) is 2.07. The lowest BCUT2D eigenvalue weighted by Crippen LogP contribution is -1.94. The highest BCUT2D eigenvalue weighted by atomic mass is 16.4. The molecule has 0 unspecified atom stereocenters. The topological polar surface area (TPSA) is 9.23 Å². The Balaban J connectivity index is 2.33. The van der Waals surface area contributed by atoms with E-state index in [1.165, 1.54) is 5.56 Å². The van der Waals surface area contributed by atoms with Gasteiger partial charge in [-0.25, -0.2) is 0 Å². The van der Waals surface area contributed by atoms with Crippen LogP contribution in [0.25, 0.3) is 0 Å². The Labute approximate surface area is 68.0 Å². The van der Waals surface area contributed by atoms with Gasteiger partial charge in [0.25, 0.3) is 0 Å². The fraction of sp³-hybridized carbons (Fsp3) is 0.111. The van der Waals surface area contributed by atoms with E-state index in [4.69, 9.17) is 4.65 Å². The third-order valence-electron chi connectivity index (χ3n) is 1.29. The van der Waals surface area contributed by atoms with E-state index in [2.05, 4.69) is 6.58 Å². The van der Waals surface area contributed by atoms with Crippen molar-refractivity contribution >= 4 is 7.48 Å². The van der Waals surface area contributed by atoms with E-state index in [0.29, 0.717) is 6.61 Å². The normalized spacial score (nSPS) is 9.09. The van der Waals surface area contributed by atoms with Gasteiger partial charge in [0, 0.05) is 0 Å². The number of hydrogen-bond donors (Lipinski definition) is 0. The van der Waals surface area contributed by atoms with Gasteiger partial charge in [-0.1, -0.05) is 36.3 Å². The summed E-state index contributed by atoms with van der Waals surface area (Å²) in [6, 6.07) is 10.0. The minimum atomic E-state index is 0.618. The molecule has 55 valence electrons. The zero-order valence-electron chi connectivity index (χ0n) is 6.36. The van der Waals surface area contributed by atoms with Crippen molar-refractivity contribution in [2.24, 2.45) is 0 Å². The Morgan fingerprint density at radius 1 is 1.36 bits per heavy atom. The zero-order valence-corrected chi connectivity index (χ0v) is 6.36. The summed E-state index contributed by atoms with van der Waals surface area (Å²) >= 11 is 0. The van der Waals surface area contributed by atoms with Crippen molar-refractivity contribution in [1.29, 1.82) is 0 Å². The molecule has 1 nitrogen and oxygen atoms in total. The summed E-state index contributed by atoms with van der Waals surface area (Å²) < 4.78 is 5.13. The largest absolute Gasteiger partial charge is 0.431 e. The number of benzene rings is 1. The maximum absolute atomic E-state index is 5.13. The predicted octanol–water partition coefficient (Wildman–Crippen LogP) is 1.97. The van der Waals surface area contributed by atoms with E-state index in [1.807, 2.05) is 30.3 Å². The van der Waals surface area contributed by atoms with Crippen LogP contribution >= 0.6 is 0 Å². The summed E-state index contributed by atoms with van der Waals surface area (Å²) in [6.45, 7) is 4.13. The van der Waals surface area contributed by atoms with Crippen LogP contribution in [0.5, 0.6) is 0 Å². The molecule has 1 aromatic carbocycles. The maximum atomic E-state index is 5.13. The van der Waals surface area contributed by atoms with E-state index in [-0.39, 0.29) is 0 Å². The molecule has 11 heavy (non-hydrogen) atoms. The molecule has 0 fully saturated rings. The van der Waals surface area contributed by atoms with Crippen LogP contribution in [0.2, 0.25) is 0 Å². The SMILES string of the molecule is C=C[B]OCc1ccccc1. The molecule has 0 aliphatic heterocycles. The summed E-state index contributed by atoms with van der Waals surface area (Å²) in [6.07, 6.45) is 0. The Bertz CT molecular complexity index is 208.